The Morgan fingerprint density at radius 1 is 1.03 bits per heavy atom. The average Bonchev–Trinajstić information content (AvgIpc) is 3.00. The molecular formula is C22H25N3O4. The fourth-order valence-electron chi connectivity index (χ4n) is 2.93. The lowest BCUT2D eigenvalue weighted by molar-refractivity contribution is -0.128. The molecule has 0 aliphatic rings. The first-order valence-electron chi connectivity index (χ1n) is 9.47. The Balaban J connectivity index is 1.56. The molecule has 0 saturated heterocycles. The number of ether oxygens (including phenoxy) is 2. The van der Waals surface area contributed by atoms with Crippen molar-refractivity contribution in [2.75, 3.05) is 6.61 Å². The number of carbonyl (C=O) groups excluding carboxylic acids is 2. The predicted octanol–water partition coefficient (Wildman–Crippen LogP) is 3.41. The van der Waals surface area contributed by atoms with Crippen LogP contribution in [0, 0.1) is 13.8 Å². The van der Waals surface area contributed by atoms with E-state index in [2.05, 4.69) is 15.8 Å². The maximum atomic E-state index is 12.4. The second-order valence-corrected chi connectivity index (χ2v) is 6.74. The summed E-state index contributed by atoms with van der Waals surface area (Å²) in [6.45, 7) is 8.08. The summed E-state index contributed by atoms with van der Waals surface area (Å²) in [5.74, 6) is 0.411. The number of aryl methyl sites for hydroxylation is 2. The van der Waals surface area contributed by atoms with Crippen LogP contribution >= 0.6 is 0 Å². The molecule has 0 aliphatic carbocycles. The normalized spacial score (nSPS) is 11.7. The zero-order chi connectivity index (χ0) is 21.0. The largest absolute Gasteiger partial charge is 0.494 e. The van der Waals surface area contributed by atoms with Gasteiger partial charge in [-0.05, 0) is 75.7 Å². The SMILES string of the molecule is CCOc1ccc(OC(C)C(=O)NNC(=O)c2ccc3[nH]c(C)c(C)c3c2)cc1. The van der Waals surface area contributed by atoms with Crippen molar-refractivity contribution in [1.29, 1.82) is 0 Å². The van der Waals surface area contributed by atoms with Gasteiger partial charge in [-0.25, -0.2) is 0 Å². The van der Waals surface area contributed by atoms with Gasteiger partial charge in [0.05, 0.1) is 6.61 Å². The maximum absolute atomic E-state index is 12.4. The van der Waals surface area contributed by atoms with E-state index in [9.17, 15) is 9.59 Å². The highest BCUT2D eigenvalue weighted by Crippen LogP contribution is 2.22. The minimum Gasteiger partial charge on any atom is -0.494 e. The van der Waals surface area contributed by atoms with Crippen molar-refractivity contribution in [2.24, 2.45) is 0 Å². The Bertz CT molecular complexity index is 1020. The Kier molecular flexibility index (Phi) is 6.07. The lowest BCUT2D eigenvalue weighted by Gasteiger charge is -2.15. The summed E-state index contributed by atoms with van der Waals surface area (Å²) in [5.41, 5.74) is 8.42. The molecule has 0 spiro atoms. The van der Waals surface area contributed by atoms with Crippen molar-refractivity contribution in [2.45, 2.75) is 33.8 Å². The predicted molar refractivity (Wildman–Crippen MR) is 111 cm³/mol. The molecule has 29 heavy (non-hydrogen) atoms. The fraction of sp³-hybridized carbons (Fsp3) is 0.273. The summed E-state index contributed by atoms with van der Waals surface area (Å²) in [6, 6.07) is 12.4. The molecule has 2 amide bonds. The van der Waals surface area contributed by atoms with Crippen LogP contribution in [0.2, 0.25) is 0 Å². The van der Waals surface area contributed by atoms with Crippen LogP contribution in [0.25, 0.3) is 10.9 Å². The molecule has 0 aliphatic heterocycles. The molecule has 0 radical (unpaired) electrons. The van der Waals surface area contributed by atoms with Crippen molar-refractivity contribution in [3.63, 3.8) is 0 Å². The first kappa shape index (κ1) is 20.3. The van der Waals surface area contributed by atoms with Gasteiger partial charge < -0.3 is 14.5 Å². The van der Waals surface area contributed by atoms with Crippen LogP contribution in [0.15, 0.2) is 42.5 Å². The molecule has 3 N–H and O–H groups in total. The number of benzene rings is 2. The van der Waals surface area contributed by atoms with E-state index < -0.39 is 17.9 Å². The quantitative estimate of drug-likeness (QED) is 0.558. The van der Waals surface area contributed by atoms with E-state index >= 15 is 0 Å². The molecule has 1 atom stereocenters. The first-order valence-corrected chi connectivity index (χ1v) is 9.47. The van der Waals surface area contributed by atoms with Crippen molar-refractivity contribution in [3.05, 3.63) is 59.3 Å². The van der Waals surface area contributed by atoms with Gasteiger partial charge in [-0.2, -0.15) is 0 Å². The third kappa shape index (κ3) is 4.68. The van der Waals surface area contributed by atoms with Gasteiger partial charge >= 0.3 is 0 Å². The van der Waals surface area contributed by atoms with E-state index in [1.165, 1.54) is 0 Å². The van der Waals surface area contributed by atoms with Gasteiger partial charge in [0, 0.05) is 22.2 Å². The molecule has 3 aromatic rings. The smallest absolute Gasteiger partial charge is 0.279 e. The Labute approximate surface area is 169 Å². The lowest BCUT2D eigenvalue weighted by Crippen LogP contribution is -2.47. The molecule has 1 aromatic heterocycles. The third-order valence-corrected chi connectivity index (χ3v) is 4.69. The highest BCUT2D eigenvalue weighted by atomic mass is 16.5. The molecule has 1 heterocycles. The number of nitrogens with one attached hydrogen (secondary N) is 3. The zero-order valence-electron chi connectivity index (χ0n) is 17.0. The number of hydrazine groups is 1. The van der Waals surface area contributed by atoms with E-state index in [0.29, 0.717) is 17.9 Å². The van der Waals surface area contributed by atoms with Crippen molar-refractivity contribution < 1.29 is 19.1 Å². The minimum absolute atomic E-state index is 0.397. The highest BCUT2D eigenvalue weighted by Gasteiger charge is 2.16. The van der Waals surface area contributed by atoms with Crippen LogP contribution in [0.5, 0.6) is 11.5 Å². The topological polar surface area (TPSA) is 92.4 Å². The third-order valence-electron chi connectivity index (χ3n) is 4.69. The molecule has 0 saturated carbocycles. The second-order valence-electron chi connectivity index (χ2n) is 6.74. The second kappa shape index (κ2) is 8.68. The van der Waals surface area contributed by atoms with Gasteiger partial charge in [0.1, 0.15) is 11.5 Å². The lowest BCUT2D eigenvalue weighted by atomic mass is 10.1. The van der Waals surface area contributed by atoms with Crippen LogP contribution in [0.3, 0.4) is 0 Å². The summed E-state index contributed by atoms with van der Waals surface area (Å²) in [4.78, 5) is 27.9. The average molecular weight is 395 g/mol. The Morgan fingerprint density at radius 2 is 1.72 bits per heavy atom. The summed E-state index contributed by atoms with van der Waals surface area (Å²) in [6.07, 6.45) is -0.787. The number of fused-ring (bicyclic) bond motifs is 1. The number of H-pyrrole nitrogens is 1. The van der Waals surface area contributed by atoms with E-state index in [0.717, 1.165) is 27.9 Å². The van der Waals surface area contributed by atoms with Gasteiger partial charge in [-0.3, -0.25) is 20.4 Å². The zero-order valence-corrected chi connectivity index (χ0v) is 17.0. The van der Waals surface area contributed by atoms with Crippen LogP contribution < -0.4 is 20.3 Å². The number of hydrogen-bond acceptors (Lipinski definition) is 4. The Hall–Kier alpha value is -3.48. The van der Waals surface area contributed by atoms with Crippen LogP contribution in [0.4, 0.5) is 0 Å². The van der Waals surface area contributed by atoms with Gasteiger partial charge in [0.15, 0.2) is 6.10 Å². The number of aromatic nitrogens is 1. The fourth-order valence-corrected chi connectivity index (χ4v) is 2.93. The van der Waals surface area contributed by atoms with Crippen molar-refractivity contribution in [1.82, 2.24) is 15.8 Å². The van der Waals surface area contributed by atoms with E-state index in [-0.39, 0.29) is 0 Å². The number of carbonyl (C=O) groups is 2. The van der Waals surface area contributed by atoms with Crippen LogP contribution in [-0.2, 0) is 4.79 Å². The standard InChI is InChI=1S/C22H25N3O4/c1-5-28-17-7-9-18(10-8-17)29-15(4)21(26)24-25-22(27)16-6-11-20-19(12-16)13(2)14(3)23-20/h6-12,15,23H,5H2,1-4H3,(H,24,26)(H,25,27). The summed E-state index contributed by atoms with van der Waals surface area (Å²) in [7, 11) is 0. The van der Waals surface area contributed by atoms with E-state index in [1.54, 1.807) is 43.3 Å². The van der Waals surface area contributed by atoms with E-state index in [1.807, 2.05) is 26.8 Å². The first-order chi connectivity index (χ1) is 13.9. The van der Waals surface area contributed by atoms with Gasteiger partial charge in [-0.1, -0.05) is 0 Å². The maximum Gasteiger partial charge on any atom is 0.279 e. The van der Waals surface area contributed by atoms with Crippen LogP contribution in [-0.4, -0.2) is 29.5 Å². The van der Waals surface area contributed by atoms with Gasteiger partial charge in [-0.15, -0.1) is 0 Å². The molecule has 7 nitrogen and oxygen atoms in total. The monoisotopic (exact) mass is 395 g/mol. The molecule has 7 heteroatoms. The molecule has 0 fully saturated rings. The summed E-state index contributed by atoms with van der Waals surface area (Å²) < 4.78 is 11.0. The number of amides is 2. The molecule has 1 unspecified atom stereocenters. The minimum atomic E-state index is -0.787. The molecule has 0 bridgehead atoms. The van der Waals surface area contributed by atoms with Crippen molar-refractivity contribution >= 4 is 22.7 Å². The van der Waals surface area contributed by atoms with Crippen molar-refractivity contribution in [3.8, 4) is 11.5 Å². The van der Waals surface area contributed by atoms with Crippen LogP contribution in [0.1, 0.15) is 35.5 Å². The van der Waals surface area contributed by atoms with Gasteiger partial charge in [0.25, 0.3) is 11.8 Å². The number of hydrogen-bond donors (Lipinski definition) is 3. The highest BCUT2D eigenvalue weighted by molar-refractivity contribution is 5.99. The molecular weight excluding hydrogens is 370 g/mol. The summed E-state index contributed by atoms with van der Waals surface area (Å²) >= 11 is 0. The number of aromatic amines is 1. The number of rotatable bonds is 6. The summed E-state index contributed by atoms with van der Waals surface area (Å²) in [5, 5.41) is 0.980. The molecule has 2 aromatic carbocycles. The van der Waals surface area contributed by atoms with E-state index in [4.69, 9.17) is 9.47 Å². The molecule has 152 valence electrons. The molecule has 3 rings (SSSR count). The van der Waals surface area contributed by atoms with Gasteiger partial charge in [0.2, 0.25) is 0 Å². The Morgan fingerprint density at radius 3 is 2.41 bits per heavy atom.